The normalized spacial score (nSPS) is 11.0. The van der Waals surface area contributed by atoms with E-state index >= 15 is 0 Å². The van der Waals surface area contributed by atoms with Crippen LogP contribution in [0.25, 0.3) is 0 Å². The van der Waals surface area contributed by atoms with Crippen molar-refractivity contribution in [1.29, 1.82) is 0 Å². The van der Waals surface area contributed by atoms with Crippen molar-refractivity contribution in [3.63, 3.8) is 0 Å². The molecule has 4 nitrogen and oxygen atoms in total. The standard InChI is InChI=1S/C12H20O4/c1-12(2,3)10(14)8-9(13)6-5-7-11(15)16-4/h5-8H2,1-4H3. The molecule has 0 saturated heterocycles. The van der Waals surface area contributed by atoms with Crippen molar-refractivity contribution >= 4 is 17.5 Å². The van der Waals surface area contributed by atoms with Crippen molar-refractivity contribution in [2.75, 3.05) is 7.11 Å². The lowest BCUT2D eigenvalue weighted by Gasteiger charge is -2.15. The van der Waals surface area contributed by atoms with Gasteiger partial charge in [0.25, 0.3) is 0 Å². The van der Waals surface area contributed by atoms with Crippen LogP contribution in [0.3, 0.4) is 0 Å². The quantitative estimate of drug-likeness (QED) is 0.514. The minimum absolute atomic E-state index is 0.0370. The fraction of sp³-hybridized carbons (Fsp3) is 0.750. The molecule has 0 spiro atoms. The van der Waals surface area contributed by atoms with Gasteiger partial charge in [-0.05, 0) is 6.42 Å². The van der Waals surface area contributed by atoms with E-state index in [1.165, 1.54) is 7.11 Å². The lowest BCUT2D eigenvalue weighted by molar-refractivity contribution is -0.140. The predicted molar refractivity (Wildman–Crippen MR) is 60.0 cm³/mol. The second-order valence-corrected chi connectivity index (χ2v) is 4.82. The molecule has 0 fully saturated rings. The Labute approximate surface area is 96.4 Å². The highest BCUT2D eigenvalue weighted by molar-refractivity contribution is 6.01. The maximum Gasteiger partial charge on any atom is 0.305 e. The van der Waals surface area contributed by atoms with Crippen LogP contribution < -0.4 is 0 Å². The maximum absolute atomic E-state index is 11.5. The zero-order chi connectivity index (χ0) is 12.8. The lowest BCUT2D eigenvalue weighted by Crippen LogP contribution is -2.23. The summed E-state index contributed by atoms with van der Waals surface area (Å²) in [5.41, 5.74) is -0.474. The molecule has 0 bridgehead atoms. The first-order chi connectivity index (χ1) is 7.27. The summed E-state index contributed by atoms with van der Waals surface area (Å²) in [6, 6.07) is 0. The van der Waals surface area contributed by atoms with Crippen molar-refractivity contribution in [2.45, 2.75) is 46.5 Å². The molecule has 92 valence electrons. The third kappa shape index (κ3) is 6.32. The Morgan fingerprint density at radius 1 is 1.06 bits per heavy atom. The van der Waals surface area contributed by atoms with E-state index < -0.39 is 5.41 Å². The van der Waals surface area contributed by atoms with Gasteiger partial charge in [-0.3, -0.25) is 14.4 Å². The largest absolute Gasteiger partial charge is 0.469 e. The summed E-state index contributed by atoms with van der Waals surface area (Å²) in [6.07, 6.45) is 0.899. The van der Waals surface area contributed by atoms with Gasteiger partial charge in [0.2, 0.25) is 0 Å². The van der Waals surface area contributed by atoms with E-state index in [2.05, 4.69) is 4.74 Å². The molecule has 0 aromatic rings. The van der Waals surface area contributed by atoms with Gasteiger partial charge < -0.3 is 4.74 Å². The molecule has 0 unspecified atom stereocenters. The second kappa shape index (κ2) is 6.40. The molecule has 0 N–H and O–H groups in total. The van der Waals surface area contributed by atoms with Crippen molar-refractivity contribution in [2.24, 2.45) is 5.41 Å². The maximum atomic E-state index is 11.5. The van der Waals surface area contributed by atoms with Gasteiger partial charge in [-0.15, -0.1) is 0 Å². The van der Waals surface area contributed by atoms with Gasteiger partial charge >= 0.3 is 5.97 Å². The molecule has 0 aromatic carbocycles. The third-order valence-electron chi connectivity index (χ3n) is 2.26. The van der Waals surface area contributed by atoms with E-state index in [1.54, 1.807) is 20.8 Å². The molecule has 0 saturated carbocycles. The Morgan fingerprint density at radius 3 is 2.06 bits per heavy atom. The number of methoxy groups -OCH3 is 1. The zero-order valence-electron chi connectivity index (χ0n) is 10.5. The number of carbonyl (C=O) groups excluding carboxylic acids is 3. The first-order valence-electron chi connectivity index (χ1n) is 5.39. The summed E-state index contributed by atoms with van der Waals surface area (Å²) in [6.45, 7) is 5.37. The van der Waals surface area contributed by atoms with E-state index in [1.807, 2.05) is 0 Å². The number of rotatable bonds is 6. The van der Waals surface area contributed by atoms with Crippen LogP contribution in [0.2, 0.25) is 0 Å². The highest BCUT2D eigenvalue weighted by atomic mass is 16.5. The average molecular weight is 228 g/mol. The fourth-order valence-corrected chi connectivity index (χ4v) is 1.06. The van der Waals surface area contributed by atoms with Crippen LogP contribution >= 0.6 is 0 Å². The van der Waals surface area contributed by atoms with E-state index in [-0.39, 0.29) is 36.8 Å². The molecule has 4 heteroatoms. The summed E-state index contributed by atoms with van der Waals surface area (Å²) in [5.74, 6) is -0.491. The van der Waals surface area contributed by atoms with Crippen LogP contribution in [-0.4, -0.2) is 24.6 Å². The van der Waals surface area contributed by atoms with Crippen molar-refractivity contribution in [3.05, 3.63) is 0 Å². The monoisotopic (exact) mass is 228 g/mol. The molecular formula is C12H20O4. The van der Waals surface area contributed by atoms with Gasteiger partial charge in [-0.2, -0.15) is 0 Å². The van der Waals surface area contributed by atoms with Gasteiger partial charge in [0.1, 0.15) is 11.6 Å². The Balaban J connectivity index is 3.84. The summed E-state index contributed by atoms with van der Waals surface area (Å²) < 4.78 is 4.45. The molecule has 0 heterocycles. The Kier molecular flexibility index (Phi) is 5.93. The van der Waals surface area contributed by atoms with Crippen LogP contribution in [0, 0.1) is 5.41 Å². The van der Waals surface area contributed by atoms with Gasteiger partial charge in [-0.25, -0.2) is 0 Å². The number of hydrogen-bond donors (Lipinski definition) is 0. The fourth-order valence-electron chi connectivity index (χ4n) is 1.06. The Morgan fingerprint density at radius 2 is 1.62 bits per heavy atom. The van der Waals surface area contributed by atoms with Gasteiger partial charge in [0.05, 0.1) is 13.5 Å². The smallest absolute Gasteiger partial charge is 0.305 e. The minimum atomic E-state index is -0.474. The molecule has 0 aliphatic carbocycles. The number of ketones is 2. The highest BCUT2D eigenvalue weighted by Crippen LogP contribution is 2.17. The van der Waals surface area contributed by atoms with Crippen molar-refractivity contribution < 1.29 is 19.1 Å². The van der Waals surface area contributed by atoms with Crippen molar-refractivity contribution in [3.8, 4) is 0 Å². The molecule has 0 aromatic heterocycles. The summed E-state index contributed by atoms with van der Waals surface area (Å²) in [5, 5.41) is 0. The lowest BCUT2D eigenvalue weighted by atomic mass is 9.87. The number of esters is 1. The SMILES string of the molecule is COC(=O)CCCC(=O)CC(=O)C(C)(C)C. The number of hydrogen-bond acceptors (Lipinski definition) is 4. The van der Waals surface area contributed by atoms with Crippen LogP contribution in [0.5, 0.6) is 0 Å². The minimum Gasteiger partial charge on any atom is -0.469 e. The zero-order valence-corrected chi connectivity index (χ0v) is 10.5. The third-order valence-corrected chi connectivity index (χ3v) is 2.26. The van der Waals surface area contributed by atoms with Crippen LogP contribution in [0.15, 0.2) is 0 Å². The van der Waals surface area contributed by atoms with Crippen LogP contribution in [-0.2, 0) is 19.1 Å². The molecule has 0 aliphatic heterocycles. The summed E-state index contributed by atoms with van der Waals surface area (Å²) in [4.78, 5) is 33.7. The molecule has 0 rings (SSSR count). The van der Waals surface area contributed by atoms with Crippen LogP contribution in [0.4, 0.5) is 0 Å². The highest BCUT2D eigenvalue weighted by Gasteiger charge is 2.23. The Hall–Kier alpha value is -1.19. The first-order valence-corrected chi connectivity index (χ1v) is 5.39. The van der Waals surface area contributed by atoms with Gasteiger partial charge in [0, 0.05) is 18.3 Å². The topological polar surface area (TPSA) is 60.4 Å². The van der Waals surface area contributed by atoms with E-state index in [0.29, 0.717) is 6.42 Å². The van der Waals surface area contributed by atoms with Gasteiger partial charge in [0.15, 0.2) is 0 Å². The number of Topliss-reactive ketones (excluding diaryl/α,β-unsaturated/α-hetero) is 2. The summed E-state index contributed by atoms with van der Waals surface area (Å²) in [7, 11) is 1.31. The summed E-state index contributed by atoms with van der Waals surface area (Å²) >= 11 is 0. The van der Waals surface area contributed by atoms with E-state index in [4.69, 9.17) is 0 Å². The number of carbonyl (C=O) groups is 3. The Bertz CT molecular complexity index is 273. The second-order valence-electron chi connectivity index (χ2n) is 4.82. The average Bonchev–Trinajstić information content (AvgIpc) is 2.15. The molecule has 0 aliphatic rings. The molecule has 16 heavy (non-hydrogen) atoms. The molecule has 0 amide bonds. The molecule has 0 atom stereocenters. The predicted octanol–water partition coefficient (Wildman–Crippen LogP) is 1.90. The van der Waals surface area contributed by atoms with E-state index in [9.17, 15) is 14.4 Å². The van der Waals surface area contributed by atoms with Gasteiger partial charge in [-0.1, -0.05) is 20.8 Å². The number of ether oxygens (including phenoxy) is 1. The van der Waals surface area contributed by atoms with Crippen LogP contribution in [0.1, 0.15) is 46.5 Å². The first kappa shape index (κ1) is 14.8. The molecule has 0 radical (unpaired) electrons. The molecular weight excluding hydrogens is 208 g/mol. The van der Waals surface area contributed by atoms with Crippen molar-refractivity contribution in [1.82, 2.24) is 0 Å². The van der Waals surface area contributed by atoms with E-state index in [0.717, 1.165) is 0 Å².